The second kappa shape index (κ2) is 7.27. The van der Waals surface area contributed by atoms with Gasteiger partial charge in [0.25, 0.3) is 10.0 Å². The van der Waals surface area contributed by atoms with Crippen molar-refractivity contribution in [2.45, 2.75) is 37.5 Å². The molecule has 20 heavy (non-hydrogen) atoms. The quantitative estimate of drug-likeness (QED) is 0.817. The first-order valence-electron chi connectivity index (χ1n) is 6.16. The first-order chi connectivity index (χ1) is 9.40. The van der Waals surface area contributed by atoms with Gasteiger partial charge in [-0.05, 0) is 24.6 Å². The predicted molar refractivity (Wildman–Crippen MR) is 75.6 cm³/mol. The second-order valence-electron chi connectivity index (χ2n) is 4.24. The number of benzene rings is 1. The first-order valence-corrected chi connectivity index (χ1v) is 8.02. The molecule has 5 nitrogen and oxygen atoms in total. The van der Waals surface area contributed by atoms with Crippen LogP contribution in [-0.2, 0) is 14.8 Å². The maximum atomic E-state index is 12.0. The van der Waals surface area contributed by atoms with Crippen LogP contribution in [0.1, 0.15) is 38.2 Å². The number of nitrogens with one attached hydrogen (secondary N) is 1. The zero-order valence-corrected chi connectivity index (χ0v) is 12.6. The number of unbranched alkanes of at least 4 members (excludes halogenated alkanes) is 2. The van der Waals surface area contributed by atoms with Crippen molar-refractivity contribution in [3.63, 3.8) is 0 Å². The Bertz CT molecular complexity index is 636. The van der Waals surface area contributed by atoms with Crippen LogP contribution < -0.4 is 4.72 Å². The Balaban J connectivity index is 2.84. The first kappa shape index (κ1) is 16.5. The van der Waals surface area contributed by atoms with Crippen molar-refractivity contribution >= 4 is 27.5 Å². The minimum atomic E-state index is -3.99. The molecule has 1 amide bonds. The Kier molecular flexibility index (Phi) is 5.99. The molecule has 0 aromatic heterocycles. The average molecular weight is 315 g/mol. The van der Waals surface area contributed by atoms with Crippen molar-refractivity contribution < 1.29 is 13.2 Å². The Labute approximate surface area is 123 Å². The molecule has 0 radical (unpaired) electrons. The molecule has 0 aliphatic rings. The van der Waals surface area contributed by atoms with Crippen LogP contribution >= 0.6 is 11.6 Å². The summed E-state index contributed by atoms with van der Waals surface area (Å²) in [7, 11) is -3.99. The molecule has 0 saturated carbocycles. The summed E-state index contributed by atoms with van der Waals surface area (Å²) in [6, 6.07) is 5.65. The molecular weight excluding hydrogens is 300 g/mol. The standard InChI is InChI=1S/C13H15ClN2O3S/c1-2-3-4-5-13(17)16-20(18,19)12-7-6-10(9-15)8-11(12)14/h6-8H,2-5H2,1H3,(H,16,17). The molecule has 1 N–H and O–H groups in total. The summed E-state index contributed by atoms with van der Waals surface area (Å²) in [6.45, 7) is 1.99. The van der Waals surface area contributed by atoms with Gasteiger partial charge in [-0.15, -0.1) is 0 Å². The van der Waals surface area contributed by atoms with E-state index in [2.05, 4.69) is 0 Å². The molecule has 0 aliphatic heterocycles. The molecule has 0 atom stereocenters. The number of carbonyl (C=O) groups excluding carboxylic acids is 1. The maximum absolute atomic E-state index is 12.0. The summed E-state index contributed by atoms with van der Waals surface area (Å²) in [5.41, 5.74) is 0.253. The highest BCUT2D eigenvalue weighted by Crippen LogP contribution is 2.22. The van der Waals surface area contributed by atoms with Gasteiger partial charge in [0.2, 0.25) is 5.91 Å². The van der Waals surface area contributed by atoms with Gasteiger partial charge in [-0.25, -0.2) is 13.1 Å². The van der Waals surface area contributed by atoms with Crippen LogP contribution in [0.2, 0.25) is 5.02 Å². The lowest BCUT2D eigenvalue weighted by molar-refractivity contribution is -0.119. The fourth-order valence-corrected chi connectivity index (χ4v) is 3.14. The van der Waals surface area contributed by atoms with Crippen LogP contribution in [-0.4, -0.2) is 14.3 Å². The molecule has 108 valence electrons. The van der Waals surface area contributed by atoms with Crippen molar-refractivity contribution in [1.29, 1.82) is 5.26 Å². The zero-order valence-electron chi connectivity index (χ0n) is 11.0. The van der Waals surface area contributed by atoms with E-state index in [-0.39, 0.29) is 21.9 Å². The average Bonchev–Trinajstić information content (AvgIpc) is 2.37. The van der Waals surface area contributed by atoms with Gasteiger partial charge in [-0.1, -0.05) is 31.4 Å². The largest absolute Gasteiger partial charge is 0.274 e. The predicted octanol–water partition coefficient (Wildman–Crippen LogP) is 2.60. The number of halogens is 1. The molecule has 1 aromatic rings. The van der Waals surface area contributed by atoms with E-state index < -0.39 is 15.9 Å². The third-order valence-corrected chi connectivity index (χ3v) is 4.46. The van der Waals surface area contributed by atoms with Gasteiger partial charge in [0, 0.05) is 6.42 Å². The van der Waals surface area contributed by atoms with Gasteiger partial charge in [0.1, 0.15) is 4.90 Å². The van der Waals surface area contributed by atoms with Gasteiger partial charge in [0.05, 0.1) is 16.7 Å². The molecule has 0 fully saturated rings. The smallest absolute Gasteiger partial charge is 0.265 e. The third kappa shape index (κ3) is 4.51. The molecule has 0 aliphatic carbocycles. The number of nitrogens with zero attached hydrogens (tertiary/aromatic N) is 1. The van der Waals surface area contributed by atoms with Crippen molar-refractivity contribution in [3.8, 4) is 6.07 Å². The number of hydrogen-bond acceptors (Lipinski definition) is 4. The monoisotopic (exact) mass is 314 g/mol. The van der Waals surface area contributed by atoms with Crippen LogP contribution in [0.3, 0.4) is 0 Å². The molecule has 1 rings (SSSR count). The molecule has 0 saturated heterocycles. The van der Waals surface area contributed by atoms with Gasteiger partial charge in [-0.3, -0.25) is 4.79 Å². The van der Waals surface area contributed by atoms with Crippen LogP contribution in [0.4, 0.5) is 0 Å². The minimum Gasteiger partial charge on any atom is -0.274 e. The molecular formula is C13H15ClN2O3S. The zero-order chi connectivity index (χ0) is 15.2. The molecule has 0 bridgehead atoms. The summed E-state index contributed by atoms with van der Waals surface area (Å²) in [4.78, 5) is 11.3. The minimum absolute atomic E-state index is 0.0853. The highest BCUT2D eigenvalue weighted by Gasteiger charge is 2.20. The van der Waals surface area contributed by atoms with E-state index >= 15 is 0 Å². The molecule has 0 spiro atoms. The van der Waals surface area contributed by atoms with Crippen molar-refractivity contribution in [2.24, 2.45) is 0 Å². The number of hydrogen-bond donors (Lipinski definition) is 1. The Morgan fingerprint density at radius 3 is 2.65 bits per heavy atom. The normalized spacial score (nSPS) is 10.8. The van der Waals surface area contributed by atoms with Gasteiger partial charge >= 0.3 is 0 Å². The number of nitriles is 1. The number of carbonyl (C=O) groups is 1. The summed E-state index contributed by atoms with van der Waals surface area (Å²) in [5.74, 6) is -0.557. The number of rotatable bonds is 6. The topological polar surface area (TPSA) is 87.0 Å². The van der Waals surface area contributed by atoms with Crippen LogP contribution in [0.15, 0.2) is 23.1 Å². The van der Waals surface area contributed by atoms with E-state index in [1.165, 1.54) is 18.2 Å². The SMILES string of the molecule is CCCCCC(=O)NS(=O)(=O)c1ccc(C#N)cc1Cl. The van der Waals surface area contributed by atoms with Crippen LogP contribution in [0, 0.1) is 11.3 Å². The number of amides is 1. The third-order valence-electron chi connectivity index (χ3n) is 2.61. The van der Waals surface area contributed by atoms with E-state index in [1.807, 2.05) is 17.7 Å². The van der Waals surface area contributed by atoms with Crippen LogP contribution in [0.5, 0.6) is 0 Å². The molecule has 0 unspecified atom stereocenters. The Morgan fingerprint density at radius 2 is 2.10 bits per heavy atom. The Morgan fingerprint density at radius 1 is 1.40 bits per heavy atom. The van der Waals surface area contributed by atoms with Gasteiger partial charge in [-0.2, -0.15) is 5.26 Å². The number of sulfonamides is 1. The summed E-state index contributed by atoms with van der Waals surface area (Å²) < 4.78 is 26.0. The fourth-order valence-electron chi connectivity index (χ4n) is 1.58. The molecule has 7 heteroatoms. The second-order valence-corrected chi connectivity index (χ2v) is 6.30. The van der Waals surface area contributed by atoms with Gasteiger partial charge < -0.3 is 0 Å². The summed E-state index contributed by atoms with van der Waals surface area (Å²) in [6.07, 6.45) is 2.60. The van der Waals surface area contributed by atoms with Crippen molar-refractivity contribution in [2.75, 3.05) is 0 Å². The van der Waals surface area contributed by atoms with E-state index in [4.69, 9.17) is 16.9 Å². The van der Waals surface area contributed by atoms with Crippen LogP contribution in [0.25, 0.3) is 0 Å². The Hall–Kier alpha value is -1.58. The van der Waals surface area contributed by atoms with Crippen molar-refractivity contribution in [1.82, 2.24) is 4.72 Å². The maximum Gasteiger partial charge on any atom is 0.265 e. The van der Waals surface area contributed by atoms with Crippen molar-refractivity contribution in [3.05, 3.63) is 28.8 Å². The summed E-state index contributed by atoms with van der Waals surface area (Å²) in [5, 5.41) is 8.61. The van der Waals surface area contributed by atoms with E-state index in [0.29, 0.717) is 6.42 Å². The highest BCUT2D eigenvalue weighted by molar-refractivity contribution is 7.90. The van der Waals surface area contributed by atoms with E-state index in [1.54, 1.807) is 0 Å². The lowest BCUT2D eigenvalue weighted by Gasteiger charge is -2.08. The molecule has 1 aromatic carbocycles. The lowest BCUT2D eigenvalue weighted by atomic mass is 10.2. The van der Waals surface area contributed by atoms with E-state index in [9.17, 15) is 13.2 Å². The molecule has 0 heterocycles. The fraction of sp³-hybridized carbons (Fsp3) is 0.385. The highest BCUT2D eigenvalue weighted by atomic mass is 35.5. The lowest BCUT2D eigenvalue weighted by Crippen LogP contribution is -2.30. The van der Waals surface area contributed by atoms with Gasteiger partial charge in [0.15, 0.2) is 0 Å². The summed E-state index contributed by atoms with van der Waals surface area (Å²) >= 11 is 5.82. The van der Waals surface area contributed by atoms with E-state index in [0.717, 1.165) is 12.8 Å².